The van der Waals surface area contributed by atoms with Gasteiger partial charge in [0.25, 0.3) is 0 Å². The Kier molecular flexibility index (Phi) is 7.89. The second-order valence-electron chi connectivity index (χ2n) is 6.27. The van der Waals surface area contributed by atoms with Gasteiger partial charge in [-0.1, -0.05) is 32.4 Å². The number of carbonyl (C=O) groups is 1. The molecule has 1 heterocycles. The lowest BCUT2D eigenvalue weighted by Gasteiger charge is -2.31. The molecule has 0 aromatic heterocycles. The highest BCUT2D eigenvalue weighted by Crippen LogP contribution is 2.24. The third kappa shape index (κ3) is 6.04. The monoisotopic (exact) mass is 334 g/mol. The second kappa shape index (κ2) is 10.2. The third-order valence-electron chi connectivity index (χ3n) is 4.23. The van der Waals surface area contributed by atoms with Crippen LogP contribution in [0.1, 0.15) is 46.0 Å². The number of ether oxygens (including phenoxy) is 2. The van der Waals surface area contributed by atoms with Crippen molar-refractivity contribution in [2.75, 3.05) is 31.6 Å². The van der Waals surface area contributed by atoms with E-state index in [9.17, 15) is 4.79 Å². The van der Waals surface area contributed by atoms with Gasteiger partial charge in [0.1, 0.15) is 11.9 Å². The van der Waals surface area contributed by atoms with Gasteiger partial charge >= 0.3 is 6.09 Å². The number of nitrogens with zero attached hydrogens (tertiary/aromatic N) is 1. The molecule has 0 spiro atoms. The lowest BCUT2D eigenvalue weighted by molar-refractivity contribution is 0.0590. The number of likely N-dealkylation sites (tertiary alicyclic amines) is 1. The summed E-state index contributed by atoms with van der Waals surface area (Å²) in [5, 5.41) is 2.82. The maximum Gasteiger partial charge on any atom is 0.412 e. The van der Waals surface area contributed by atoms with E-state index < -0.39 is 6.09 Å². The minimum absolute atomic E-state index is 0.00581. The molecule has 1 aliphatic heterocycles. The Morgan fingerprint density at radius 1 is 1.21 bits per heavy atom. The minimum Gasteiger partial charge on any atom is -0.491 e. The van der Waals surface area contributed by atoms with E-state index >= 15 is 0 Å². The van der Waals surface area contributed by atoms with Crippen LogP contribution in [0.3, 0.4) is 0 Å². The molecule has 0 radical (unpaired) electrons. The van der Waals surface area contributed by atoms with Crippen LogP contribution in [-0.4, -0.2) is 43.3 Å². The summed E-state index contributed by atoms with van der Waals surface area (Å²) in [5.74, 6) is 0.695. The standard InChI is InChI=1S/C19H30N2O3/c1-3-5-15-23-18-9-7-6-8-17(18)20-19(22)24-16-10-13-21(12-4-2)14-11-16/h6-9,16H,3-5,10-15H2,1-2H3,(H,20,22). The van der Waals surface area contributed by atoms with E-state index in [0.29, 0.717) is 18.0 Å². The van der Waals surface area contributed by atoms with Crippen LogP contribution in [0.25, 0.3) is 0 Å². The van der Waals surface area contributed by atoms with E-state index in [-0.39, 0.29) is 6.10 Å². The molecule has 5 nitrogen and oxygen atoms in total. The van der Waals surface area contributed by atoms with E-state index in [0.717, 1.165) is 45.3 Å². The van der Waals surface area contributed by atoms with Gasteiger partial charge in [-0.25, -0.2) is 4.79 Å². The normalized spacial score (nSPS) is 15.9. The lowest BCUT2D eigenvalue weighted by atomic mass is 10.1. The molecule has 1 aromatic rings. The Morgan fingerprint density at radius 2 is 1.96 bits per heavy atom. The summed E-state index contributed by atoms with van der Waals surface area (Å²) < 4.78 is 11.3. The molecule has 0 aliphatic carbocycles. The Balaban J connectivity index is 1.80. The van der Waals surface area contributed by atoms with Crippen molar-refractivity contribution in [1.82, 2.24) is 4.90 Å². The highest BCUT2D eigenvalue weighted by atomic mass is 16.6. The fourth-order valence-corrected chi connectivity index (χ4v) is 2.88. The van der Waals surface area contributed by atoms with Gasteiger partial charge in [0.2, 0.25) is 0 Å². The van der Waals surface area contributed by atoms with E-state index in [1.807, 2.05) is 24.3 Å². The fraction of sp³-hybridized carbons (Fsp3) is 0.632. The first-order valence-corrected chi connectivity index (χ1v) is 9.14. The Morgan fingerprint density at radius 3 is 2.67 bits per heavy atom. The zero-order valence-electron chi connectivity index (χ0n) is 14.9. The van der Waals surface area contributed by atoms with E-state index in [4.69, 9.17) is 9.47 Å². The highest BCUT2D eigenvalue weighted by Gasteiger charge is 2.22. The SMILES string of the molecule is CCCCOc1ccccc1NC(=O)OC1CCN(CCC)CC1. The van der Waals surface area contributed by atoms with Gasteiger partial charge < -0.3 is 14.4 Å². The molecule has 1 saturated heterocycles. The van der Waals surface area contributed by atoms with Gasteiger partial charge in [0.15, 0.2) is 0 Å². The van der Waals surface area contributed by atoms with Crippen molar-refractivity contribution < 1.29 is 14.3 Å². The van der Waals surface area contributed by atoms with Crippen LogP contribution >= 0.6 is 0 Å². The molecule has 0 saturated carbocycles. The predicted molar refractivity (Wildman–Crippen MR) is 96.7 cm³/mol. The molecule has 1 aliphatic rings. The zero-order valence-corrected chi connectivity index (χ0v) is 14.9. The average Bonchev–Trinajstić information content (AvgIpc) is 2.58. The molecule has 0 bridgehead atoms. The molecule has 1 aromatic carbocycles. The summed E-state index contributed by atoms with van der Waals surface area (Å²) >= 11 is 0. The first-order valence-electron chi connectivity index (χ1n) is 9.14. The lowest BCUT2D eigenvalue weighted by Crippen LogP contribution is -2.38. The molecule has 5 heteroatoms. The van der Waals surface area contributed by atoms with Gasteiger partial charge in [-0.15, -0.1) is 0 Å². The van der Waals surface area contributed by atoms with E-state index in [1.54, 1.807) is 0 Å². The maximum atomic E-state index is 12.2. The van der Waals surface area contributed by atoms with Crippen molar-refractivity contribution >= 4 is 11.8 Å². The van der Waals surface area contributed by atoms with Crippen molar-refractivity contribution in [2.24, 2.45) is 0 Å². The number of benzene rings is 1. The van der Waals surface area contributed by atoms with Crippen molar-refractivity contribution in [3.63, 3.8) is 0 Å². The van der Waals surface area contributed by atoms with Crippen molar-refractivity contribution in [1.29, 1.82) is 0 Å². The Labute approximate surface area is 145 Å². The van der Waals surface area contributed by atoms with Gasteiger partial charge in [-0.2, -0.15) is 0 Å². The predicted octanol–water partition coefficient (Wildman–Crippen LogP) is 4.29. The second-order valence-corrected chi connectivity index (χ2v) is 6.27. The summed E-state index contributed by atoms with van der Waals surface area (Å²) in [7, 11) is 0. The number of unbranched alkanes of at least 4 members (excludes halogenated alkanes) is 1. The molecule has 1 fully saturated rings. The maximum absolute atomic E-state index is 12.2. The Bertz CT molecular complexity index is 499. The average molecular weight is 334 g/mol. The van der Waals surface area contributed by atoms with Crippen LogP contribution in [-0.2, 0) is 4.74 Å². The number of para-hydroxylation sites is 2. The Hall–Kier alpha value is -1.75. The largest absolute Gasteiger partial charge is 0.491 e. The van der Waals surface area contributed by atoms with E-state index in [1.165, 1.54) is 6.42 Å². The van der Waals surface area contributed by atoms with E-state index in [2.05, 4.69) is 24.1 Å². The molecule has 24 heavy (non-hydrogen) atoms. The van der Waals surface area contributed by atoms with Gasteiger partial charge in [0.05, 0.1) is 12.3 Å². The molecule has 1 N–H and O–H groups in total. The zero-order chi connectivity index (χ0) is 17.2. The summed E-state index contributed by atoms with van der Waals surface area (Å²) in [6.45, 7) is 8.10. The number of carbonyl (C=O) groups excluding carboxylic acids is 1. The highest BCUT2D eigenvalue weighted by molar-refractivity contribution is 5.86. The molecule has 0 atom stereocenters. The molecule has 134 valence electrons. The van der Waals surface area contributed by atoms with Gasteiger partial charge in [-0.3, -0.25) is 5.32 Å². The van der Waals surface area contributed by atoms with Crippen molar-refractivity contribution in [2.45, 2.75) is 52.1 Å². The number of hydrogen-bond donors (Lipinski definition) is 1. The summed E-state index contributed by atoms with van der Waals surface area (Å²) in [6.07, 6.45) is 4.66. The third-order valence-corrected chi connectivity index (χ3v) is 4.23. The number of anilines is 1. The first-order chi connectivity index (χ1) is 11.7. The van der Waals surface area contributed by atoms with Gasteiger partial charge in [-0.05, 0) is 44.4 Å². The van der Waals surface area contributed by atoms with Crippen LogP contribution in [0, 0.1) is 0 Å². The molecular weight excluding hydrogens is 304 g/mol. The summed E-state index contributed by atoms with van der Waals surface area (Å²) in [5.41, 5.74) is 0.669. The molecule has 1 amide bonds. The van der Waals surface area contributed by atoms with Crippen LogP contribution < -0.4 is 10.1 Å². The number of rotatable bonds is 8. The smallest absolute Gasteiger partial charge is 0.412 e. The fourth-order valence-electron chi connectivity index (χ4n) is 2.88. The topological polar surface area (TPSA) is 50.8 Å². The number of nitrogens with one attached hydrogen (secondary N) is 1. The first kappa shape index (κ1) is 18.6. The van der Waals surface area contributed by atoms with Crippen LogP contribution in [0.4, 0.5) is 10.5 Å². The van der Waals surface area contributed by atoms with Crippen LogP contribution in [0.2, 0.25) is 0 Å². The number of hydrogen-bond acceptors (Lipinski definition) is 4. The molecular formula is C19H30N2O3. The van der Waals surface area contributed by atoms with Crippen molar-refractivity contribution in [3.8, 4) is 5.75 Å². The minimum atomic E-state index is -0.393. The number of piperidine rings is 1. The van der Waals surface area contributed by atoms with Crippen molar-refractivity contribution in [3.05, 3.63) is 24.3 Å². The quantitative estimate of drug-likeness (QED) is 0.721. The molecule has 0 unspecified atom stereocenters. The number of amides is 1. The van der Waals surface area contributed by atoms with Gasteiger partial charge in [0, 0.05) is 13.1 Å². The summed E-state index contributed by atoms with van der Waals surface area (Å²) in [6, 6.07) is 7.49. The van der Waals surface area contributed by atoms with Crippen LogP contribution in [0.5, 0.6) is 5.75 Å². The van der Waals surface area contributed by atoms with Crippen LogP contribution in [0.15, 0.2) is 24.3 Å². The summed E-state index contributed by atoms with van der Waals surface area (Å²) in [4.78, 5) is 14.6. The molecule has 2 rings (SSSR count).